The van der Waals surface area contributed by atoms with E-state index in [0.29, 0.717) is 22.6 Å². The number of carbonyl (C=O) groups is 1. The Hall–Kier alpha value is -3.56. The lowest BCUT2D eigenvalue weighted by Crippen LogP contribution is -2.46. The molecule has 1 amide bonds. The predicted molar refractivity (Wildman–Crippen MR) is 156 cm³/mol. The van der Waals surface area contributed by atoms with E-state index in [4.69, 9.17) is 14.5 Å². The van der Waals surface area contributed by atoms with Crippen molar-refractivity contribution < 1.29 is 14.3 Å². The van der Waals surface area contributed by atoms with Gasteiger partial charge >= 0.3 is 6.09 Å². The zero-order valence-electron chi connectivity index (χ0n) is 24.4. The highest BCUT2D eigenvalue weighted by Gasteiger charge is 2.25. The van der Waals surface area contributed by atoms with E-state index in [1.807, 2.05) is 39.8 Å². The Morgan fingerprint density at radius 2 is 1.77 bits per heavy atom. The number of anilines is 1. The average molecular weight is 551 g/mol. The Kier molecular flexibility index (Phi) is 8.05. The van der Waals surface area contributed by atoms with Gasteiger partial charge in [0, 0.05) is 30.9 Å². The Labute approximate surface area is 235 Å². The van der Waals surface area contributed by atoms with Crippen LogP contribution in [0.1, 0.15) is 83.9 Å². The molecule has 0 radical (unpaired) electrons. The minimum atomic E-state index is -0.511. The molecule has 216 valence electrons. The van der Waals surface area contributed by atoms with E-state index in [1.165, 1.54) is 12.8 Å². The summed E-state index contributed by atoms with van der Waals surface area (Å²) in [6, 6.07) is 6.29. The van der Waals surface area contributed by atoms with Crippen molar-refractivity contribution in [2.45, 2.75) is 96.7 Å². The first-order chi connectivity index (χ1) is 19.1. The summed E-state index contributed by atoms with van der Waals surface area (Å²) < 4.78 is 12.9. The largest absolute Gasteiger partial charge is 0.496 e. The summed E-state index contributed by atoms with van der Waals surface area (Å²) in [5.74, 6) is 1.28. The Balaban J connectivity index is 1.34. The number of fused-ring (bicyclic) bond motifs is 1. The third-order valence-corrected chi connectivity index (χ3v) is 7.92. The molecule has 1 saturated heterocycles. The molecule has 2 N–H and O–H groups in total. The van der Waals surface area contributed by atoms with Gasteiger partial charge < -0.3 is 24.7 Å². The van der Waals surface area contributed by atoms with Crippen LogP contribution in [0.5, 0.6) is 5.75 Å². The summed E-state index contributed by atoms with van der Waals surface area (Å²) in [6.45, 7) is 9.12. The predicted octanol–water partition coefficient (Wildman–Crippen LogP) is 5.49. The monoisotopic (exact) mass is 550 g/mol. The fourth-order valence-corrected chi connectivity index (χ4v) is 5.86. The first kappa shape index (κ1) is 28.0. The first-order valence-electron chi connectivity index (χ1n) is 14.5. The number of carbonyl (C=O) groups excluding carboxylic acids is 1. The van der Waals surface area contributed by atoms with Crippen molar-refractivity contribution in [3.05, 3.63) is 34.2 Å². The molecule has 2 aliphatic rings. The van der Waals surface area contributed by atoms with Gasteiger partial charge in [-0.25, -0.2) is 14.5 Å². The molecule has 10 nitrogen and oxygen atoms in total. The van der Waals surface area contributed by atoms with Crippen molar-refractivity contribution in [3.8, 4) is 17.1 Å². The van der Waals surface area contributed by atoms with Crippen LogP contribution < -0.4 is 20.5 Å². The number of hydrogen-bond donors (Lipinski definition) is 2. The zero-order chi connectivity index (χ0) is 28.4. The third kappa shape index (κ3) is 6.10. The number of nitrogens with zero attached hydrogens (tertiary/aromatic N) is 4. The minimum Gasteiger partial charge on any atom is -0.496 e. The highest BCUT2D eigenvalue weighted by Crippen LogP contribution is 2.34. The van der Waals surface area contributed by atoms with E-state index in [9.17, 15) is 9.59 Å². The number of benzene rings is 1. The highest BCUT2D eigenvalue weighted by molar-refractivity contribution is 5.82. The van der Waals surface area contributed by atoms with Gasteiger partial charge in [-0.3, -0.25) is 4.79 Å². The number of hydrogen-bond acceptors (Lipinski definition) is 7. The number of nitrogens with one attached hydrogen (secondary N) is 2. The normalized spacial score (nSPS) is 17.6. The maximum absolute atomic E-state index is 13.5. The lowest BCUT2D eigenvalue weighted by molar-refractivity contribution is 0.0497. The van der Waals surface area contributed by atoms with Crippen molar-refractivity contribution in [2.24, 2.45) is 0 Å². The topological polar surface area (TPSA) is 114 Å². The molecule has 1 saturated carbocycles. The molecule has 3 heterocycles. The van der Waals surface area contributed by atoms with Gasteiger partial charge in [-0.1, -0.05) is 25.7 Å². The lowest BCUT2D eigenvalue weighted by Gasteiger charge is -2.34. The maximum atomic E-state index is 13.5. The molecule has 1 aromatic carbocycles. The number of aromatic amines is 1. The molecule has 1 aliphatic carbocycles. The van der Waals surface area contributed by atoms with Crippen molar-refractivity contribution in [1.82, 2.24) is 25.1 Å². The second-order valence-corrected chi connectivity index (χ2v) is 12.1. The number of aryl methyl sites for hydroxylation is 1. The summed E-state index contributed by atoms with van der Waals surface area (Å²) in [5, 5.41) is 7.67. The Bertz CT molecular complexity index is 1410. The molecule has 0 spiro atoms. The third-order valence-electron chi connectivity index (χ3n) is 7.92. The van der Waals surface area contributed by atoms with E-state index in [1.54, 1.807) is 11.8 Å². The van der Waals surface area contributed by atoms with Crippen molar-refractivity contribution >= 4 is 22.8 Å². The number of H-pyrrole nitrogens is 1. The Morgan fingerprint density at radius 3 is 2.42 bits per heavy atom. The molecular weight excluding hydrogens is 508 g/mol. The molecule has 0 unspecified atom stereocenters. The van der Waals surface area contributed by atoms with Crippen LogP contribution in [0.25, 0.3) is 22.4 Å². The van der Waals surface area contributed by atoms with Crippen LogP contribution in [-0.4, -0.2) is 57.7 Å². The van der Waals surface area contributed by atoms with Crippen molar-refractivity contribution in [1.29, 1.82) is 0 Å². The lowest BCUT2D eigenvalue weighted by atomic mass is 10.0. The smallest absolute Gasteiger partial charge is 0.407 e. The van der Waals surface area contributed by atoms with E-state index in [2.05, 4.69) is 26.4 Å². The molecule has 2 fully saturated rings. The molecule has 0 bridgehead atoms. The zero-order valence-corrected chi connectivity index (χ0v) is 24.4. The van der Waals surface area contributed by atoms with E-state index >= 15 is 0 Å². The fourth-order valence-electron chi connectivity index (χ4n) is 5.86. The molecule has 10 heteroatoms. The van der Waals surface area contributed by atoms with Crippen LogP contribution in [0, 0.1) is 6.92 Å². The Morgan fingerprint density at radius 1 is 1.07 bits per heavy atom. The first-order valence-corrected chi connectivity index (χ1v) is 14.5. The van der Waals surface area contributed by atoms with Crippen LogP contribution in [0.15, 0.2) is 23.0 Å². The van der Waals surface area contributed by atoms with Crippen LogP contribution in [0.4, 0.5) is 10.5 Å². The van der Waals surface area contributed by atoms with Gasteiger partial charge in [0.2, 0.25) is 0 Å². The number of piperidine rings is 1. The summed E-state index contributed by atoms with van der Waals surface area (Å²) in [4.78, 5) is 36.0. The molecule has 2 aromatic heterocycles. The van der Waals surface area contributed by atoms with Crippen molar-refractivity contribution in [2.75, 3.05) is 25.1 Å². The summed E-state index contributed by atoms with van der Waals surface area (Å²) in [7, 11) is 1.65. The molecular formula is C30H42N6O4. The second-order valence-electron chi connectivity index (χ2n) is 12.1. The molecule has 0 atom stereocenters. The standard InChI is InChI=1S/C30H42N6O4/c1-19-25-26(28(37)36(34-19)21-10-8-6-7-9-11-21)33-27(32-25)23-13-12-22(18-24(23)39-5)35-16-14-20(15-17-35)31-29(38)40-30(2,3)4/h12-13,18,20-21H,6-11,14-17H2,1-5H3,(H,31,38)(H,32,33). The van der Waals surface area contributed by atoms with E-state index in [0.717, 1.165) is 68.6 Å². The number of aromatic nitrogens is 4. The van der Waals surface area contributed by atoms with Gasteiger partial charge in [-0.15, -0.1) is 0 Å². The number of amides is 1. The van der Waals surface area contributed by atoms with Crippen LogP contribution in [-0.2, 0) is 4.74 Å². The highest BCUT2D eigenvalue weighted by atomic mass is 16.6. The molecule has 5 rings (SSSR count). The van der Waals surface area contributed by atoms with Gasteiger partial charge in [0.25, 0.3) is 5.56 Å². The van der Waals surface area contributed by atoms with Crippen LogP contribution in [0.2, 0.25) is 0 Å². The summed E-state index contributed by atoms with van der Waals surface area (Å²) in [5.41, 5.74) is 3.07. The van der Waals surface area contributed by atoms with Crippen molar-refractivity contribution in [3.63, 3.8) is 0 Å². The summed E-state index contributed by atoms with van der Waals surface area (Å²) in [6.07, 6.45) is 7.96. The number of imidazole rings is 1. The quantitative estimate of drug-likeness (QED) is 0.404. The second kappa shape index (κ2) is 11.5. The fraction of sp³-hybridized carbons (Fsp3) is 0.600. The van der Waals surface area contributed by atoms with E-state index in [-0.39, 0.29) is 23.7 Å². The number of rotatable bonds is 5. The number of alkyl carbamates (subject to hydrolysis) is 1. The number of methoxy groups -OCH3 is 1. The average Bonchev–Trinajstić information content (AvgIpc) is 3.19. The van der Waals surface area contributed by atoms with Gasteiger partial charge in [-0.05, 0) is 65.5 Å². The van der Waals surface area contributed by atoms with Gasteiger partial charge in [0.15, 0.2) is 0 Å². The maximum Gasteiger partial charge on any atom is 0.407 e. The van der Waals surface area contributed by atoms with Crippen LogP contribution >= 0.6 is 0 Å². The van der Waals surface area contributed by atoms with Gasteiger partial charge in [0.1, 0.15) is 28.2 Å². The summed E-state index contributed by atoms with van der Waals surface area (Å²) >= 11 is 0. The number of ether oxygens (including phenoxy) is 2. The molecule has 40 heavy (non-hydrogen) atoms. The molecule has 3 aromatic rings. The van der Waals surface area contributed by atoms with Gasteiger partial charge in [0.05, 0.1) is 24.4 Å². The van der Waals surface area contributed by atoms with Crippen LogP contribution in [0.3, 0.4) is 0 Å². The SMILES string of the molecule is COc1cc(N2CCC(NC(=O)OC(C)(C)C)CC2)ccc1-c1nc2c(C)nn(C3CCCCCC3)c(=O)c2[nH]1. The minimum absolute atomic E-state index is 0.0849. The van der Waals surface area contributed by atoms with Gasteiger partial charge in [-0.2, -0.15) is 5.10 Å². The van der Waals surface area contributed by atoms with E-state index < -0.39 is 5.60 Å². The molecule has 1 aliphatic heterocycles.